The highest BCUT2D eigenvalue weighted by atomic mass is 32.1. The predicted octanol–water partition coefficient (Wildman–Crippen LogP) is -0.956. The van der Waals surface area contributed by atoms with Crippen LogP contribution >= 0.6 is 11.3 Å². The maximum atomic E-state index is 14.7. The van der Waals surface area contributed by atoms with Crippen LogP contribution in [0.4, 0.5) is 0 Å². The zero-order valence-corrected chi connectivity index (χ0v) is 57.8. The van der Waals surface area contributed by atoms with Crippen LogP contribution in [0.3, 0.4) is 0 Å². The third-order valence-electron chi connectivity index (χ3n) is 16.4. The van der Waals surface area contributed by atoms with Crippen molar-refractivity contribution in [1.82, 2.24) is 73.4 Å². The average molecular weight is 1410 g/mol. The highest BCUT2D eigenvalue weighted by molar-refractivity contribution is 7.12. The number of imidazole rings is 1. The number of rotatable bonds is 34. The van der Waals surface area contributed by atoms with Crippen molar-refractivity contribution < 1.29 is 82.1 Å². The molecule has 1 fully saturated rings. The Hall–Kier alpha value is -9.73. The van der Waals surface area contributed by atoms with Crippen molar-refractivity contribution in [2.45, 2.75) is 206 Å². The smallest absolute Gasteiger partial charge is 0.305 e. The van der Waals surface area contributed by atoms with Gasteiger partial charge in [-0.3, -0.25) is 71.9 Å². The largest absolute Gasteiger partial charge is 0.481 e. The van der Waals surface area contributed by atoms with Crippen molar-refractivity contribution in [3.8, 4) is 0 Å². The van der Waals surface area contributed by atoms with Gasteiger partial charge in [-0.15, -0.1) is 11.3 Å². The second-order valence-electron chi connectivity index (χ2n) is 25.3. The van der Waals surface area contributed by atoms with Gasteiger partial charge in [0, 0.05) is 49.0 Å². The molecule has 3 heterocycles. The first-order valence-corrected chi connectivity index (χ1v) is 34.0. The number of H-pyrrole nitrogens is 1. The first-order valence-electron chi connectivity index (χ1n) is 33.1. The van der Waals surface area contributed by atoms with Gasteiger partial charge < -0.3 is 85.1 Å². The van der Waals surface area contributed by atoms with Crippen LogP contribution in [0.25, 0.3) is 0 Å². The number of thiazole rings is 1. The van der Waals surface area contributed by atoms with E-state index < -0.39 is 181 Å². The van der Waals surface area contributed by atoms with E-state index in [4.69, 9.17) is 11.5 Å². The molecule has 1 aliphatic rings. The molecule has 0 spiro atoms. The summed E-state index contributed by atoms with van der Waals surface area (Å²) in [6.07, 6.45) is -0.255. The second-order valence-corrected chi connectivity index (χ2v) is 26.1. The molecular weight excluding hydrogens is 1310 g/mol. The Balaban J connectivity index is 1.65. The Labute approximate surface area is 577 Å². The monoisotopic (exact) mass is 1400 g/mol. The summed E-state index contributed by atoms with van der Waals surface area (Å²) in [7, 11) is 0. The number of benzene rings is 1. The number of aromatic amines is 1. The SMILES string of the molecule is CC[C@H](C)C(=O)c1nc(C(=O)N[C@@H](CC(C)C)C(=O)N[C@H](CCC(=O)O)C(=O)N[C@H](C(=O)NCCCC[C@@H]2NC(=O)[C@H](CC(N)=O)NC(=O)[C@@H](CC(=O)O)NC(=O)[C@H](Cc3cnc[nH]3)NC(=O)[C@@H](Cc3ccccc3)NC(=O)[C@H]([C@@H](C)CC)NC(=O)[C@@H](CCCN)NC2=O)C(C)C)cs1. The van der Waals surface area contributed by atoms with Crippen LogP contribution in [0, 0.1) is 23.7 Å². The highest BCUT2D eigenvalue weighted by Crippen LogP contribution is 2.19. The minimum absolute atomic E-state index is 0.0132. The maximum Gasteiger partial charge on any atom is 0.305 e. The molecule has 18 N–H and O–H groups in total. The van der Waals surface area contributed by atoms with Crippen LogP contribution < -0.4 is 70.0 Å². The number of Topliss-reactive ketones (excluding diaryl/α,β-unsaturated/α-hetero) is 1. The summed E-state index contributed by atoms with van der Waals surface area (Å²) in [6.45, 7) is 13.6. The molecule has 0 aliphatic carbocycles. The summed E-state index contributed by atoms with van der Waals surface area (Å²) in [5, 5.41) is 49.3. The molecule has 0 bridgehead atoms. The van der Waals surface area contributed by atoms with Crippen molar-refractivity contribution in [2.75, 3.05) is 13.1 Å². The topological polar surface area (TPSA) is 522 Å². The molecule has 1 aromatic carbocycles. The van der Waals surface area contributed by atoms with Gasteiger partial charge in [-0.2, -0.15) is 0 Å². The number of hydrogen-bond acceptors (Lipinski definition) is 19. The van der Waals surface area contributed by atoms with Crippen LogP contribution in [0.15, 0.2) is 48.2 Å². The lowest BCUT2D eigenvalue weighted by molar-refractivity contribution is -0.142. The molecule has 1 saturated heterocycles. The maximum absolute atomic E-state index is 14.7. The summed E-state index contributed by atoms with van der Waals surface area (Å²) in [6, 6.07) is -7.09. The predicted molar refractivity (Wildman–Crippen MR) is 359 cm³/mol. The van der Waals surface area contributed by atoms with Crippen LogP contribution in [0.5, 0.6) is 0 Å². The first-order chi connectivity index (χ1) is 46.8. The number of nitrogens with one attached hydrogen (secondary N) is 12. The molecule has 0 saturated carbocycles. The number of ketones is 1. The fourth-order valence-corrected chi connectivity index (χ4v) is 11.2. The zero-order chi connectivity index (χ0) is 73.6. The molecule has 3 aromatic rings. The molecule has 99 heavy (non-hydrogen) atoms. The minimum atomic E-state index is -2.01. The van der Waals surface area contributed by atoms with E-state index in [2.05, 4.69) is 73.4 Å². The number of carbonyl (C=O) groups is 15. The third-order valence-corrected chi connectivity index (χ3v) is 17.3. The van der Waals surface area contributed by atoms with E-state index in [0.717, 1.165) is 11.3 Å². The number of hydrogen-bond donors (Lipinski definition) is 16. The lowest BCUT2D eigenvalue weighted by Crippen LogP contribution is -2.61. The van der Waals surface area contributed by atoms with Gasteiger partial charge in [-0.1, -0.05) is 92.1 Å². The molecule has 0 unspecified atom stereocenters. The van der Waals surface area contributed by atoms with Gasteiger partial charge in [-0.05, 0) is 81.2 Å². The molecule has 0 radical (unpaired) electrons. The average Bonchev–Trinajstić information content (AvgIpc) is 1.33. The van der Waals surface area contributed by atoms with E-state index in [9.17, 15) is 82.1 Å². The number of aromatic nitrogens is 3. The van der Waals surface area contributed by atoms with Gasteiger partial charge in [-0.25, -0.2) is 9.97 Å². The Morgan fingerprint density at radius 3 is 1.73 bits per heavy atom. The van der Waals surface area contributed by atoms with Gasteiger partial charge in [0.2, 0.25) is 65.0 Å². The number of aliphatic carboxylic acids is 2. The lowest BCUT2D eigenvalue weighted by Gasteiger charge is -2.29. The van der Waals surface area contributed by atoms with Crippen molar-refractivity contribution in [3.63, 3.8) is 0 Å². The van der Waals surface area contributed by atoms with Gasteiger partial charge in [0.25, 0.3) is 5.91 Å². The van der Waals surface area contributed by atoms with E-state index in [-0.39, 0.29) is 92.8 Å². The van der Waals surface area contributed by atoms with E-state index in [1.165, 1.54) is 17.9 Å². The summed E-state index contributed by atoms with van der Waals surface area (Å²) in [5.74, 6) is -16.7. The van der Waals surface area contributed by atoms with Crippen molar-refractivity contribution in [3.05, 3.63) is 70.2 Å². The number of nitrogens with two attached hydrogens (primary N) is 2. The van der Waals surface area contributed by atoms with E-state index >= 15 is 0 Å². The molecule has 2 aromatic heterocycles. The van der Waals surface area contributed by atoms with E-state index in [1.807, 2.05) is 6.92 Å². The quantitative estimate of drug-likeness (QED) is 0.0253. The minimum Gasteiger partial charge on any atom is -0.481 e. The van der Waals surface area contributed by atoms with Crippen molar-refractivity contribution in [2.24, 2.45) is 35.1 Å². The number of nitrogens with zero attached hydrogens (tertiary/aromatic N) is 2. The lowest BCUT2D eigenvalue weighted by atomic mass is 9.96. The van der Waals surface area contributed by atoms with Crippen LogP contribution in [-0.4, -0.2) is 187 Å². The highest BCUT2D eigenvalue weighted by Gasteiger charge is 2.39. The van der Waals surface area contributed by atoms with Crippen LogP contribution in [-0.2, 0) is 75.2 Å². The zero-order valence-electron chi connectivity index (χ0n) is 57.0. The standard InChI is InChI=1S/C65H96N16O17S/c1-9-35(7)52-64(98)78-43(26-37-17-12-11-13-18-37)58(92)75-44(27-38-30-68-32-70-38)59(93)77-46(29-50(85)86)61(95)76-45(28-48(67)82)60(94)72-39(54(88)71-40(20-16-23-66)55(89)81-52)19-14-15-24-69-63(97)51(34(5)6)80-56(90)41(21-22-49(83)84)73-57(91)42(25-33(3)4)74-62(96)47-31-99-65(79-47)53(87)36(8)10-2/h11-13,17-18,30-36,39-46,51-52H,9-10,14-16,19-29,66H2,1-8H3,(H2,67,82)(H,68,70)(H,69,97)(H,71,88)(H,72,94)(H,73,91)(H,74,96)(H,75,92)(H,76,95)(H,77,93)(H,78,98)(H,80,90)(H,81,89)(H,83,84)(H,85,86)/t35-,36-,39-,40+,41+,42-,43+,44-,45-,46+,51-,52-/m0/s1. The van der Waals surface area contributed by atoms with Crippen molar-refractivity contribution in [1.29, 1.82) is 0 Å². The number of carbonyl (C=O) groups excluding carboxylic acids is 13. The first kappa shape index (κ1) is 81.7. The summed E-state index contributed by atoms with van der Waals surface area (Å²) < 4.78 is 0. The number of amides is 12. The Kier molecular flexibility index (Phi) is 33.7. The number of carboxylic acid groups (broad SMARTS) is 2. The summed E-state index contributed by atoms with van der Waals surface area (Å²) in [4.78, 5) is 217. The molecule has 12 atom stereocenters. The molecule has 4 rings (SSSR count). The Bertz CT molecular complexity index is 3290. The summed E-state index contributed by atoms with van der Waals surface area (Å²) in [5.41, 5.74) is 12.2. The van der Waals surface area contributed by atoms with Gasteiger partial charge >= 0.3 is 11.9 Å². The fourth-order valence-electron chi connectivity index (χ4n) is 10.3. The number of carboxylic acids is 2. The molecule has 1 aliphatic heterocycles. The van der Waals surface area contributed by atoms with Crippen LogP contribution in [0.2, 0.25) is 0 Å². The van der Waals surface area contributed by atoms with Crippen LogP contribution in [0.1, 0.15) is 164 Å². The van der Waals surface area contributed by atoms with Gasteiger partial charge in [0.05, 0.1) is 19.2 Å². The Morgan fingerprint density at radius 2 is 1.17 bits per heavy atom. The van der Waals surface area contributed by atoms with Gasteiger partial charge in [0.15, 0.2) is 10.8 Å². The van der Waals surface area contributed by atoms with Crippen molar-refractivity contribution >= 4 is 99.9 Å². The number of unbranched alkanes of at least 4 members (excludes halogenated alkanes) is 1. The normalized spacial score (nSPS) is 20.6. The number of primary amides is 1. The van der Waals surface area contributed by atoms with E-state index in [0.29, 0.717) is 24.1 Å². The molecule has 33 nitrogen and oxygen atoms in total. The molecule has 34 heteroatoms. The third kappa shape index (κ3) is 27.2. The molecular formula is C65H96N16O17S. The molecule has 12 amide bonds. The van der Waals surface area contributed by atoms with E-state index in [1.54, 1.807) is 78.8 Å². The molecule has 544 valence electrons. The summed E-state index contributed by atoms with van der Waals surface area (Å²) >= 11 is 0.974. The fraction of sp³-hybridized carbons (Fsp3) is 0.585. The van der Waals surface area contributed by atoms with Gasteiger partial charge in [0.1, 0.15) is 66.1 Å². The Morgan fingerprint density at radius 1 is 0.616 bits per heavy atom. The second kappa shape index (κ2) is 40.9.